The lowest BCUT2D eigenvalue weighted by Gasteiger charge is -2.34. The third-order valence-corrected chi connectivity index (χ3v) is 23.4. The zero-order chi connectivity index (χ0) is 79.9. The van der Waals surface area contributed by atoms with Gasteiger partial charge in [-0.15, -0.1) is 0 Å². The van der Waals surface area contributed by atoms with Gasteiger partial charge in [-0.05, 0) is 171 Å². The van der Waals surface area contributed by atoms with Gasteiger partial charge in [0.2, 0.25) is 23.6 Å². The Morgan fingerprint density at radius 2 is 0.578 bits per heavy atom. The number of imidazole rings is 3. The van der Waals surface area contributed by atoms with Crippen molar-refractivity contribution in [3.63, 3.8) is 0 Å². The number of rotatable bonds is 24. The van der Waals surface area contributed by atoms with Gasteiger partial charge in [0.25, 0.3) is 0 Å². The number of H-pyrrole nitrogens is 3. The summed E-state index contributed by atoms with van der Waals surface area (Å²) >= 11 is 0. The van der Waals surface area contributed by atoms with E-state index in [2.05, 4.69) is 199 Å². The molecule has 6 N–H and O–H groups in total. The monoisotopic (exact) mass is 1560 g/mol. The third-order valence-electron chi connectivity index (χ3n) is 23.4. The van der Waals surface area contributed by atoms with E-state index in [0.717, 1.165) is 212 Å². The van der Waals surface area contributed by atoms with Crippen LogP contribution in [0.5, 0.6) is 0 Å². The molecular formula is C97H121N15O4. The van der Waals surface area contributed by atoms with Gasteiger partial charge in [-0.2, -0.15) is 0 Å². The van der Waals surface area contributed by atoms with Crippen LogP contribution in [-0.2, 0) is 19.2 Å². The smallest absolute Gasteiger partial charge is 0.245 e. The van der Waals surface area contributed by atoms with Crippen molar-refractivity contribution in [3.05, 3.63) is 281 Å². The molecule has 4 fully saturated rings. The predicted octanol–water partition coefficient (Wildman–Crippen LogP) is 19.0. The number of likely N-dealkylation sites (tertiary alicyclic amines) is 4. The molecule has 7 atom stereocenters. The molecule has 0 unspecified atom stereocenters. The fraction of sp³-hybridized carbons (Fsp3) is 0.371. The number of likely N-dealkylation sites (N-methyl/N-ethyl adjacent to an activating group) is 4. The van der Waals surface area contributed by atoms with Gasteiger partial charge in [0, 0.05) is 66.5 Å². The molecule has 4 amide bonds. The van der Waals surface area contributed by atoms with Crippen molar-refractivity contribution in [2.45, 2.75) is 150 Å². The Labute approximate surface area is 688 Å². The fourth-order valence-corrected chi connectivity index (χ4v) is 17.4. The zero-order valence-electron chi connectivity index (χ0n) is 69.2. The molecule has 0 bridgehead atoms. The molecule has 0 saturated carbocycles. The number of carbonyl (C=O) groups is 4. The largest absolute Gasteiger partial charge is 0.344 e. The second kappa shape index (κ2) is 40.1. The molecule has 4 aliphatic rings. The van der Waals surface area contributed by atoms with Gasteiger partial charge in [-0.1, -0.05) is 260 Å². The lowest BCUT2D eigenvalue weighted by Crippen LogP contribution is -2.43. The summed E-state index contributed by atoms with van der Waals surface area (Å²) in [7, 11) is 7.86. The first-order valence-corrected chi connectivity index (χ1v) is 41.2. The first-order valence-electron chi connectivity index (χ1n) is 41.2. The highest BCUT2D eigenvalue weighted by Crippen LogP contribution is 2.41. The van der Waals surface area contributed by atoms with E-state index >= 15 is 0 Å². The van der Waals surface area contributed by atoms with E-state index in [1.54, 1.807) is 0 Å². The van der Waals surface area contributed by atoms with Crippen molar-refractivity contribution in [1.29, 1.82) is 0 Å². The molecule has 15 rings (SSSR count). The first kappa shape index (κ1) is 85.9. The second-order valence-corrected chi connectivity index (χ2v) is 31.1. The van der Waals surface area contributed by atoms with Crippen LogP contribution in [0.15, 0.2) is 224 Å². The Balaban J connectivity index is 0.000000194. The molecule has 4 aliphatic heterocycles. The maximum atomic E-state index is 14.1. The number of aryl methyl sites for hydroxylation is 3. The normalized spacial score (nSPS) is 17.0. The van der Waals surface area contributed by atoms with Gasteiger partial charge in [0.1, 0.15) is 41.6 Å². The van der Waals surface area contributed by atoms with E-state index in [9.17, 15) is 19.2 Å². The maximum absolute atomic E-state index is 14.1. The first-order chi connectivity index (χ1) is 55.5. The van der Waals surface area contributed by atoms with E-state index in [4.69, 9.17) is 15.0 Å². The summed E-state index contributed by atoms with van der Waals surface area (Å²) in [5.74, 6) is 3.23. The lowest BCUT2D eigenvalue weighted by molar-refractivity contribution is -0.139. The van der Waals surface area contributed by atoms with Crippen LogP contribution in [0.25, 0.3) is 56.0 Å². The molecule has 608 valence electrons. The average Bonchev–Trinajstić information content (AvgIpc) is 1.63. The van der Waals surface area contributed by atoms with Crippen LogP contribution >= 0.6 is 0 Å². The molecule has 116 heavy (non-hydrogen) atoms. The average molecular weight is 1560 g/mol. The second-order valence-electron chi connectivity index (χ2n) is 31.1. The van der Waals surface area contributed by atoms with Crippen LogP contribution in [0.3, 0.4) is 0 Å². The minimum Gasteiger partial charge on any atom is -0.344 e. The molecular weight excluding hydrogens is 1440 g/mol. The van der Waals surface area contributed by atoms with Crippen LogP contribution in [0.1, 0.15) is 186 Å². The minimum atomic E-state index is -0.346. The summed E-state index contributed by atoms with van der Waals surface area (Å²) in [6.07, 6.45) is 7.85. The van der Waals surface area contributed by atoms with Gasteiger partial charge < -0.3 is 40.7 Å². The summed E-state index contributed by atoms with van der Waals surface area (Å²) in [5, 5.41) is 0. The number of benzene rings is 8. The van der Waals surface area contributed by atoms with Crippen LogP contribution in [0, 0.1) is 20.8 Å². The molecule has 19 heteroatoms. The fourth-order valence-electron chi connectivity index (χ4n) is 17.4. The Kier molecular flexibility index (Phi) is 29.7. The van der Waals surface area contributed by atoms with Crippen molar-refractivity contribution in [2.75, 3.05) is 87.1 Å². The van der Waals surface area contributed by atoms with Crippen molar-refractivity contribution in [1.82, 2.24) is 75.3 Å². The zero-order valence-corrected chi connectivity index (χ0v) is 69.2. The number of hydrogen-bond acceptors (Lipinski definition) is 12. The van der Waals surface area contributed by atoms with Gasteiger partial charge in [0.05, 0.1) is 35.2 Å². The van der Waals surface area contributed by atoms with Gasteiger partial charge in [0.15, 0.2) is 0 Å². The molecule has 0 spiro atoms. The summed E-state index contributed by atoms with van der Waals surface area (Å²) in [6, 6.07) is 75.2. The molecule has 0 radical (unpaired) electrons. The maximum Gasteiger partial charge on any atom is 0.245 e. The number of carbonyl (C=O) groups excluding carboxylic acids is 4. The molecule has 3 aromatic heterocycles. The predicted molar refractivity (Wildman–Crippen MR) is 469 cm³/mol. The van der Waals surface area contributed by atoms with Gasteiger partial charge in [-0.25, -0.2) is 15.0 Å². The number of hydrogen-bond donors (Lipinski definition) is 4. The topological polar surface area (TPSA) is 215 Å². The SMILES string of the molecule is C.CCN(CC)[C@@H](C(=O)N1CCCC1)c1ccccc1.CCN(CC)[C@@H](C(=O)N1CCC[C@H]1c1nc(-c2ccc(-c3ccccc3)cc2)c(C)[nH]1)c1ccccc1.Cc1[nH]c([C@@H]2CCCN2C(=O)[C@@H](c2ccccc2)N(C)C)nc1-c1ccc(-c2ccc(-c3nc([C@@H]4CCCN4C(=O)[C@@H](c4ccccc4)N(C)C)[nH]c3C)cc2)cc1.N. The summed E-state index contributed by atoms with van der Waals surface area (Å²) in [6.45, 7) is 22.2. The van der Waals surface area contributed by atoms with Crippen molar-refractivity contribution >= 4 is 23.6 Å². The van der Waals surface area contributed by atoms with Gasteiger partial charge in [-0.3, -0.25) is 38.8 Å². The highest BCUT2D eigenvalue weighted by atomic mass is 16.2. The lowest BCUT2D eigenvalue weighted by atomic mass is 10.0. The quantitative estimate of drug-likeness (QED) is 0.0445. The summed E-state index contributed by atoms with van der Waals surface area (Å²) in [4.78, 5) is 97.4. The van der Waals surface area contributed by atoms with Crippen molar-refractivity contribution < 1.29 is 19.2 Å². The number of amides is 4. The Morgan fingerprint density at radius 1 is 0.336 bits per heavy atom. The molecule has 0 aliphatic carbocycles. The van der Waals surface area contributed by atoms with Crippen LogP contribution < -0.4 is 6.15 Å². The number of nitrogens with one attached hydrogen (secondary N) is 3. The van der Waals surface area contributed by atoms with E-state index in [0.29, 0.717) is 0 Å². The molecule has 7 heterocycles. The Hall–Kier alpha value is -10.9. The van der Waals surface area contributed by atoms with Crippen LogP contribution in [0.2, 0.25) is 0 Å². The summed E-state index contributed by atoms with van der Waals surface area (Å²) < 4.78 is 0. The molecule has 8 aromatic carbocycles. The third kappa shape index (κ3) is 19.3. The van der Waals surface area contributed by atoms with Crippen molar-refractivity contribution in [2.24, 2.45) is 0 Å². The highest BCUT2D eigenvalue weighted by Gasteiger charge is 2.42. The standard InChI is InChI=1S/C48H54N8O2.C32H36N4O.C16H24N2O.CH4.H3N/c1-31-41(51-45(49-31)39-19-13-29-55(39)47(57)43(53(3)4)37-15-9-7-10-16-37)35-25-21-33(22-26-35)34-23-27-36(28-24-34)42-32(2)50-46(52-42)40-20-14-30-56(40)48(58)44(54(5)6)38-17-11-8-12-18-38;1-4-35(5-2)30(27-15-10-7-11-16-27)32(37)36-22-12-17-28(36)31-33-23(3)29(34-31)26-20-18-25(19-21-26)24-13-8-6-9-14-24;1-3-17(4-2)15(14-10-6-5-7-11-14)16(19)18-12-8-9-13-18;;/h7-12,15-18,21-28,39-40,43-44H,13-14,19-20,29-30H2,1-6H3,(H,49,51)(H,50,52);6-11,13-16,18-21,28,30H,4-5,12,17,22H2,1-3H3,(H,33,34);5-7,10-11,15H,3-4,8-9,12-13H2,1-2H3;1H4;1H3/t39-,40-,43+,44+;28-,30+;15-;;/m001../s1. The number of aromatic amines is 3. The van der Waals surface area contributed by atoms with Crippen LogP contribution in [-0.4, -0.2) is 180 Å². The van der Waals surface area contributed by atoms with E-state index in [1.807, 2.05) is 156 Å². The van der Waals surface area contributed by atoms with Gasteiger partial charge >= 0.3 is 0 Å². The van der Waals surface area contributed by atoms with Crippen molar-refractivity contribution in [3.8, 4) is 56.0 Å². The van der Waals surface area contributed by atoms with E-state index in [-0.39, 0.29) is 79.5 Å². The van der Waals surface area contributed by atoms with E-state index < -0.39 is 0 Å². The molecule has 11 aromatic rings. The molecule has 4 saturated heterocycles. The number of aromatic nitrogens is 6. The number of nitrogens with zero attached hydrogens (tertiary/aromatic N) is 11. The molecule has 19 nitrogen and oxygen atoms in total. The highest BCUT2D eigenvalue weighted by molar-refractivity contribution is 5.86. The Bertz CT molecular complexity index is 4750. The van der Waals surface area contributed by atoms with Crippen LogP contribution in [0.4, 0.5) is 0 Å². The summed E-state index contributed by atoms with van der Waals surface area (Å²) in [5.41, 5.74) is 17.7. The van der Waals surface area contributed by atoms with E-state index in [1.165, 1.54) is 11.1 Å². The minimum absolute atomic E-state index is 0. The Morgan fingerprint density at radius 3 is 0.853 bits per heavy atom.